The van der Waals surface area contributed by atoms with Crippen LogP contribution in [-0.2, 0) is 16.0 Å². The second-order valence-corrected chi connectivity index (χ2v) is 8.06. The van der Waals surface area contributed by atoms with Crippen molar-refractivity contribution in [2.45, 2.75) is 38.1 Å². The number of piperidine rings is 2. The zero-order valence-corrected chi connectivity index (χ0v) is 18.2. The van der Waals surface area contributed by atoms with Crippen LogP contribution in [0.2, 0.25) is 0 Å². The van der Waals surface area contributed by atoms with E-state index < -0.39 is 0 Å². The Hall–Kier alpha value is -1.63. The molecular weight excluding hydrogens is 411 g/mol. The highest BCUT2D eigenvalue weighted by Crippen LogP contribution is 2.40. The highest BCUT2D eigenvalue weighted by molar-refractivity contribution is 5.86. The quantitative estimate of drug-likeness (QED) is 0.728. The molecule has 4 heterocycles. The molecule has 2 amide bonds. The molecule has 1 aromatic heterocycles. The van der Waals surface area contributed by atoms with E-state index in [4.69, 9.17) is 0 Å². The van der Waals surface area contributed by atoms with E-state index in [0.717, 1.165) is 58.4 Å². The van der Waals surface area contributed by atoms with Crippen LogP contribution in [0.1, 0.15) is 31.2 Å². The van der Waals surface area contributed by atoms with Gasteiger partial charge < -0.3 is 9.80 Å². The molecule has 1 N–H and O–H groups in total. The summed E-state index contributed by atoms with van der Waals surface area (Å²) in [5.74, 6) is 0.466. The summed E-state index contributed by atoms with van der Waals surface area (Å²) in [5, 5.41) is 3.21. The molecule has 0 bridgehead atoms. The summed E-state index contributed by atoms with van der Waals surface area (Å²) in [6, 6.07) is 3.88. The van der Waals surface area contributed by atoms with E-state index in [1.165, 1.54) is 5.56 Å². The van der Waals surface area contributed by atoms with E-state index in [-0.39, 0.29) is 48.1 Å². The summed E-state index contributed by atoms with van der Waals surface area (Å²) in [7, 11) is 0. The average Bonchev–Trinajstić information content (AvgIpc) is 3.25. The number of amides is 2. The van der Waals surface area contributed by atoms with Crippen molar-refractivity contribution in [1.29, 1.82) is 0 Å². The molecule has 1 atom stereocenters. The number of nitrogens with one attached hydrogen (secondary N) is 1. The molecule has 8 heteroatoms. The Balaban J connectivity index is 0.00000150. The monoisotopic (exact) mass is 440 g/mol. The molecule has 0 aromatic carbocycles. The van der Waals surface area contributed by atoms with Crippen LogP contribution >= 0.6 is 24.8 Å². The summed E-state index contributed by atoms with van der Waals surface area (Å²) in [5.41, 5.74) is 1.40. The molecule has 2 saturated heterocycles. The third kappa shape index (κ3) is 5.50. The number of halogens is 2. The van der Waals surface area contributed by atoms with Gasteiger partial charge in [-0.2, -0.15) is 0 Å². The number of carbonyl (C=O) groups is 2. The first kappa shape index (κ1) is 23.6. The first-order valence-corrected chi connectivity index (χ1v) is 10.0. The van der Waals surface area contributed by atoms with Gasteiger partial charge in [0.15, 0.2) is 0 Å². The van der Waals surface area contributed by atoms with Crippen molar-refractivity contribution in [2.24, 2.45) is 5.41 Å². The standard InChI is InChI=1S/C21H28N4O2.2ClH/c26-19-3-7-21(16-25(19)13-6-17-4-11-22-12-5-17)8-14-24(15-9-21)20(27)18-2-1-10-23-18;;/h1-2,4-5,11-12,18,23H,3,6-10,13-16H2;2*1H. The summed E-state index contributed by atoms with van der Waals surface area (Å²) < 4.78 is 0. The normalized spacial score (nSPS) is 22.9. The van der Waals surface area contributed by atoms with Gasteiger partial charge in [0, 0.05) is 51.5 Å². The van der Waals surface area contributed by atoms with Gasteiger partial charge in [0.25, 0.3) is 0 Å². The Kier molecular flexibility index (Phi) is 8.49. The maximum absolute atomic E-state index is 12.6. The van der Waals surface area contributed by atoms with Crippen molar-refractivity contribution in [3.05, 3.63) is 42.2 Å². The molecule has 0 radical (unpaired) electrons. The second kappa shape index (κ2) is 10.4. The lowest BCUT2D eigenvalue weighted by molar-refractivity contribution is -0.142. The topological polar surface area (TPSA) is 65.5 Å². The van der Waals surface area contributed by atoms with Crippen LogP contribution in [0.3, 0.4) is 0 Å². The van der Waals surface area contributed by atoms with Crippen molar-refractivity contribution >= 4 is 36.6 Å². The third-order valence-electron chi connectivity index (χ3n) is 6.35. The molecule has 3 aliphatic heterocycles. The van der Waals surface area contributed by atoms with Crippen molar-refractivity contribution in [2.75, 3.05) is 32.7 Å². The Morgan fingerprint density at radius 3 is 2.55 bits per heavy atom. The zero-order chi connectivity index (χ0) is 18.7. The fourth-order valence-corrected chi connectivity index (χ4v) is 4.56. The molecule has 1 unspecified atom stereocenters. The number of likely N-dealkylation sites (tertiary alicyclic amines) is 2. The molecule has 1 spiro atoms. The van der Waals surface area contributed by atoms with Gasteiger partial charge >= 0.3 is 0 Å². The number of carbonyl (C=O) groups excluding carboxylic acids is 2. The number of hydrogen-bond acceptors (Lipinski definition) is 4. The predicted molar refractivity (Wildman–Crippen MR) is 117 cm³/mol. The van der Waals surface area contributed by atoms with E-state index in [1.807, 2.05) is 34.1 Å². The predicted octanol–water partition coefficient (Wildman–Crippen LogP) is 2.23. The van der Waals surface area contributed by atoms with Gasteiger partial charge in [0.2, 0.25) is 11.8 Å². The lowest BCUT2D eigenvalue weighted by atomic mass is 9.72. The molecule has 29 heavy (non-hydrogen) atoms. The van der Waals surface area contributed by atoms with Crippen LogP contribution < -0.4 is 5.32 Å². The molecule has 3 aliphatic rings. The lowest BCUT2D eigenvalue weighted by Gasteiger charge is -2.47. The van der Waals surface area contributed by atoms with Gasteiger partial charge in [-0.15, -0.1) is 24.8 Å². The van der Waals surface area contributed by atoms with Crippen molar-refractivity contribution < 1.29 is 9.59 Å². The minimum Gasteiger partial charge on any atom is -0.342 e. The number of rotatable bonds is 4. The smallest absolute Gasteiger partial charge is 0.243 e. The van der Waals surface area contributed by atoms with E-state index in [9.17, 15) is 9.59 Å². The fraction of sp³-hybridized carbons (Fsp3) is 0.571. The highest BCUT2D eigenvalue weighted by Gasteiger charge is 2.42. The third-order valence-corrected chi connectivity index (χ3v) is 6.35. The number of nitrogens with zero attached hydrogens (tertiary/aromatic N) is 3. The fourth-order valence-electron chi connectivity index (χ4n) is 4.56. The first-order valence-electron chi connectivity index (χ1n) is 10.0. The van der Waals surface area contributed by atoms with Gasteiger partial charge in [-0.3, -0.25) is 19.9 Å². The van der Waals surface area contributed by atoms with Crippen LogP contribution in [0.15, 0.2) is 36.7 Å². The molecule has 0 aliphatic carbocycles. The van der Waals surface area contributed by atoms with Gasteiger partial charge in [-0.1, -0.05) is 12.2 Å². The minimum atomic E-state index is -0.149. The molecule has 0 saturated carbocycles. The maximum Gasteiger partial charge on any atom is 0.243 e. The van der Waals surface area contributed by atoms with Crippen LogP contribution in [0.25, 0.3) is 0 Å². The molecule has 1 aromatic rings. The van der Waals surface area contributed by atoms with Crippen LogP contribution in [0.5, 0.6) is 0 Å². The first-order chi connectivity index (χ1) is 13.2. The van der Waals surface area contributed by atoms with E-state index in [1.54, 1.807) is 12.4 Å². The second-order valence-electron chi connectivity index (χ2n) is 8.06. The summed E-state index contributed by atoms with van der Waals surface area (Å²) in [6.45, 7) is 3.99. The number of aromatic nitrogens is 1. The zero-order valence-electron chi connectivity index (χ0n) is 16.6. The van der Waals surface area contributed by atoms with Gasteiger partial charge in [-0.05, 0) is 48.8 Å². The minimum absolute atomic E-state index is 0. The molecular formula is C21H30Cl2N4O2. The van der Waals surface area contributed by atoms with Gasteiger partial charge in [0.05, 0.1) is 0 Å². The highest BCUT2D eigenvalue weighted by atomic mass is 35.5. The summed E-state index contributed by atoms with van der Waals surface area (Å²) in [6.07, 6.45) is 12.0. The Bertz CT molecular complexity index is 721. The Morgan fingerprint density at radius 1 is 1.17 bits per heavy atom. The largest absolute Gasteiger partial charge is 0.342 e. The molecule has 2 fully saturated rings. The molecule has 6 nitrogen and oxygen atoms in total. The molecule has 160 valence electrons. The van der Waals surface area contributed by atoms with E-state index in [0.29, 0.717) is 6.42 Å². The van der Waals surface area contributed by atoms with Crippen LogP contribution in [0, 0.1) is 5.41 Å². The van der Waals surface area contributed by atoms with Crippen LogP contribution in [-0.4, -0.2) is 65.4 Å². The number of pyridine rings is 1. The average molecular weight is 441 g/mol. The van der Waals surface area contributed by atoms with Gasteiger partial charge in [0.1, 0.15) is 6.04 Å². The summed E-state index contributed by atoms with van der Waals surface area (Å²) in [4.78, 5) is 33.1. The van der Waals surface area contributed by atoms with E-state index >= 15 is 0 Å². The Labute approximate surface area is 184 Å². The lowest BCUT2D eigenvalue weighted by Crippen LogP contribution is -2.54. The maximum atomic E-state index is 12.6. The summed E-state index contributed by atoms with van der Waals surface area (Å²) >= 11 is 0. The van der Waals surface area contributed by atoms with Gasteiger partial charge in [-0.25, -0.2) is 0 Å². The SMILES string of the molecule is Cl.Cl.O=C1CCC2(CCN(C(=O)C3C=CCN3)CC2)CN1CCc1ccncc1. The molecule has 4 rings (SSSR count). The van der Waals surface area contributed by atoms with Crippen molar-refractivity contribution in [3.63, 3.8) is 0 Å². The van der Waals surface area contributed by atoms with Crippen molar-refractivity contribution in [3.8, 4) is 0 Å². The number of hydrogen-bond donors (Lipinski definition) is 1. The Morgan fingerprint density at radius 2 is 1.90 bits per heavy atom. The van der Waals surface area contributed by atoms with E-state index in [2.05, 4.69) is 10.3 Å². The van der Waals surface area contributed by atoms with Crippen molar-refractivity contribution in [1.82, 2.24) is 20.1 Å². The van der Waals surface area contributed by atoms with Crippen LogP contribution in [0.4, 0.5) is 0 Å².